The summed E-state index contributed by atoms with van der Waals surface area (Å²) in [6.07, 6.45) is 0.0445. The summed E-state index contributed by atoms with van der Waals surface area (Å²) in [5, 5.41) is 12.7. The molecular weight excluding hydrogens is 308 g/mol. The molecule has 0 radical (unpaired) electrons. The number of aliphatic hydroxyl groups excluding tert-OH is 1. The van der Waals surface area contributed by atoms with Crippen LogP contribution in [0.1, 0.15) is 20.3 Å². The molecule has 0 heterocycles. The molecule has 0 aliphatic rings. The highest BCUT2D eigenvalue weighted by Crippen LogP contribution is 2.19. The summed E-state index contributed by atoms with van der Waals surface area (Å²) in [5.74, 6) is -0.422. The van der Waals surface area contributed by atoms with Gasteiger partial charge in [-0.15, -0.1) is 0 Å². The number of benzene rings is 1. The monoisotopic (exact) mass is 328 g/mol. The summed E-state index contributed by atoms with van der Waals surface area (Å²) in [6, 6.07) is 6.31. The number of hydrogen-bond acceptors (Lipinski definition) is 4. The van der Waals surface area contributed by atoms with Crippen molar-refractivity contribution >= 4 is 29.3 Å². The maximum atomic E-state index is 12.4. The van der Waals surface area contributed by atoms with E-state index in [0.717, 1.165) is 0 Å². The van der Waals surface area contributed by atoms with Gasteiger partial charge in [-0.2, -0.15) is 0 Å². The van der Waals surface area contributed by atoms with Gasteiger partial charge in [-0.05, 0) is 32.0 Å². The van der Waals surface area contributed by atoms with Crippen LogP contribution in [0, 0.1) is 0 Å². The lowest BCUT2D eigenvalue weighted by molar-refractivity contribution is -0.141. The summed E-state index contributed by atoms with van der Waals surface area (Å²) >= 11 is 5.88. The number of anilines is 1. The highest BCUT2D eigenvalue weighted by atomic mass is 35.5. The van der Waals surface area contributed by atoms with Gasteiger partial charge >= 0.3 is 12.0 Å². The van der Waals surface area contributed by atoms with Crippen molar-refractivity contribution in [2.75, 3.05) is 25.6 Å². The minimum atomic E-state index is -0.823. The molecule has 22 heavy (non-hydrogen) atoms. The van der Waals surface area contributed by atoms with E-state index < -0.39 is 17.5 Å². The van der Waals surface area contributed by atoms with Crippen LogP contribution in [-0.2, 0) is 9.53 Å². The molecule has 0 aromatic heterocycles. The van der Waals surface area contributed by atoms with Gasteiger partial charge in [0.2, 0.25) is 0 Å². The largest absolute Gasteiger partial charge is 0.469 e. The van der Waals surface area contributed by atoms with Crippen molar-refractivity contribution in [1.82, 2.24) is 4.90 Å². The zero-order chi connectivity index (χ0) is 16.8. The van der Waals surface area contributed by atoms with Gasteiger partial charge in [0, 0.05) is 17.3 Å². The Kier molecular flexibility index (Phi) is 6.64. The lowest BCUT2D eigenvalue weighted by atomic mass is 10.0. The second-order valence-electron chi connectivity index (χ2n) is 5.39. The molecule has 1 rings (SSSR count). The number of carbonyl (C=O) groups is 2. The van der Waals surface area contributed by atoms with Crippen LogP contribution in [-0.4, -0.2) is 47.8 Å². The molecule has 0 fully saturated rings. The quantitative estimate of drug-likeness (QED) is 0.786. The van der Waals surface area contributed by atoms with Crippen molar-refractivity contribution in [3.05, 3.63) is 29.3 Å². The Balaban J connectivity index is 2.85. The van der Waals surface area contributed by atoms with Crippen molar-refractivity contribution in [1.29, 1.82) is 0 Å². The van der Waals surface area contributed by atoms with E-state index >= 15 is 0 Å². The average molecular weight is 329 g/mol. The van der Waals surface area contributed by atoms with E-state index in [2.05, 4.69) is 10.1 Å². The Bertz CT molecular complexity index is 534. The first-order chi connectivity index (χ1) is 10.3. The van der Waals surface area contributed by atoms with E-state index in [1.165, 1.54) is 12.0 Å². The molecule has 7 heteroatoms. The van der Waals surface area contributed by atoms with Crippen molar-refractivity contribution < 1.29 is 19.4 Å². The third kappa shape index (κ3) is 5.20. The summed E-state index contributed by atoms with van der Waals surface area (Å²) in [5.41, 5.74) is -0.286. The van der Waals surface area contributed by atoms with Crippen LogP contribution < -0.4 is 5.32 Å². The molecule has 0 aliphatic heterocycles. The summed E-state index contributed by atoms with van der Waals surface area (Å²) in [6.45, 7) is 3.31. The fourth-order valence-corrected chi connectivity index (χ4v) is 2.02. The Morgan fingerprint density at radius 1 is 1.41 bits per heavy atom. The van der Waals surface area contributed by atoms with Crippen molar-refractivity contribution in [2.45, 2.75) is 25.8 Å². The van der Waals surface area contributed by atoms with Crippen LogP contribution in [0.2, 0.25) is 5.02 Å². The number of esters is 1. The second-order valence-corrected chi connectivity index (χ2v) is 5.83. The molecule has 0 saturated carbocycles. The molecule has 0 spiro atoms. The van der Waals surface area contributed by atoms with Crippen LogP contribution in [0.25, 0.3) is 0 Å². The SMILES string of the molecule is COC(=O)CCN(C(=O)Nc1cccc(Cl)c1)C(C)(C)CO. The van der Waals surface area contributed by atoms with Crippen LogP contribution in [0.3, 0.4) is 0 Å². The van der Waals surface area contributed by atoms with Gasteiger partial charge in [0.1, 0.15) is 0 Å². The molecular formula is C15H21ClN2O4. The fraction of sp³-hybridized carbons (Fsp3) is 0.467. The van der Waals surface area contributed by atoms with E-state index in [9.17, 15) is 14.7 Å². The number of methoxy groups -OCH3 is 1. The highest BCUT2D eigenvalue weighted by Gasteiger charge is 2.30. The first-order valence-electron chi connectivity index (χ1n) is 6.82. The topological polar surface area (TPSA) is 78.9 Å². The number of aliphatic hydroxyl groups is 1. The van der Waals surface area contributed by atoms with E-state index in [4.69, 9.17) is 11.6 Å². The summed E-state index contributed by atoms with van der Waals surface area (Å²) in [4.78, 5) is 25.1. The third-order valence-electron chi connectivity index (χ3n) is 3.21. The first kappa shape index (κ1) is 18.3. The van der Waals surface area contributed by atoms with E-state index in [0.29, 0.717) is 10.7 Å². The normalized spacial score (nSPS) is 11.0. The summed E-state index contributed by atoms with van der Waals surface area (Å²) < 4.78 is 4.58. The molecule has 6 nitrogen and oxygen atoms in total. The lowest BCUT2D eigenvalue weighted by Crippen LogP contribution is -2.52. The van der Waals surface area contributed by atoms with Gasteiger partial charge in [-0.3, -0.25) is 4.79 Å². The number of urea groups is 1. The number of nitrogens with one attached hydrogen (secondary N) is 1. The smallest absolute Gasteiger partial charge is 0.322 e. The van der Waals surface area contributed by atoms with Crippen molar-refractivity contribution in [3.8, 4) is 0 Å². The number of hydrogen-bond donors (Lipinski definition) is 2. The van der Waals surface area contributed by atoms with E-state index in [-0.39, 0.29) is 19.6 Å². The van der Waals surface area contributed by atoms with Gasteiger partial charge in [0.25, 0.3) is 0 Å². The van der Waals surface area contributed by atoms with Gasteiger partial charge in [0.15, 0.2) is 0 Å². The van der Waals surface area contributed by atoms with E-state index in [1.807, 2.05) is 0 Å². The number of halogens is 1. The fourth-order valence-electron chi connectivity index (χ4n) is 1.83. The predicted molar refractivity (Wildman–Crippen MR) is 85.0 cm³/mol. The number of carbonyl (C=O) groups excluding carboxylic acids is 2. The van der Waals surface area contributed by atoms with Crippen molar-refractivity contribution in [3.63, 3.8) is 0 Å². The number of amides is 2. The molecule has 1 aromatic carbocycles. The molecule has 0 saturated heterocycles. The number of ether oxygens (including phenoxy) is 1. The van der Waals surface area contributed by atoms with Crippen LogP contribution in [0.4, 0.5) is 10.5 Å². The Hall–Kier alpha value is -1.79. The highest BCUT2D eigenvalue weighted by molar-refractivity contribution is 6.30. The minimum Gasteiger partial charge on any atom is -0.469 e. The molecule has 2 N–H and O–H groups in total. The molecule has 1 aromatic rings. The maximum Gasteiger partial charge on any atom is 0.322 e. The van der Waals surface area contributed by atoms with E-state index in [1.54, 1.807) is 38.1 Å². The second kappa shape index (κ2) is 8.00. The summed E-state index contributed by atoms with van der Waals surface area (Å²) in [7, 11) is 1.29. The van der Waals surface area contributed by atoms with Gasteiger partial charge in [0.05, 0.1) is 25.7 Å². The van der Waals surface area contributed by atoms with Crippen LogP contribution >= 0.6 is 11.6 Å². The molecule has 0 unspecified atom stereocenters. The van der Waals surface area contributed by atoms with Crippen LogP contribution in [0.5, 0.6) is 0 Å². The lowest BCUT2D eigenvalue weighted by Gasteiger charge is -2.37. The number of nitrogens with zero attached hydrogens (tertiary/aromatic N) is 1. The minimum absolute atomic E-state index is 0.0445. The Morgan fingerprint density at radius 2 is 2.09 bits per heavy atom. The Labute approximate surface area is 135 Å². The Morgan fingerprint density at radius 3 is 2.64 bits per heavy atom. The van der Waals surface area contributed by atoms with Crippen LogP contribution in [0.15, 0.2) is 24.3 Å². The molecule has 2 amide bonds. The predicted octanol–water partition coefficient (Wildman–Crippen LogP) is 2.51. The van der Waals surface area contributed by atoms with Gasteiger partial charge in [-0.1, -0.05) is 17.7 Å². The van der Waals surface area contributed by atoms with Crippen molar-refractivity contribution in [2.24, 2.45) is 0 Å². The standard InChI is InChI=1S/C15H21ClN2O4/c1-15(2,10-19)18(8-7-13(20)22-3)14(21)17-12-6-4-5-11(16)9-12/h4-6,9,19H,7-8,10H2,1-3H3,(H,17,21). The number of rotatable bonds is 6. The third-order valence-corrected chi connectivity index (χ3v) is 3.44. The average Bonchev–Trinajstić information content (AvgIpc) is 2.46. The zero-order valence-corrected chi connectivity index (χ0v) is 13.7. The molecule has 0 bridgehead atoms. The van der Waals surface area contributed by atoms with Gasteiger partial charge < -0.3 is 20.1 Å². The molecule has 0 aliphatic carbocycles. The molecule has 122 valence electrons. The zero-order valence-electron chi connectivity index (χ0n) is 12.9. The van der Waals surface area contributed by atoms with Gasteiger partial charge in [-0.25, -0.2) is 4.79 Å². The maximum absolute atomic E-state index is 12.4. The first-order valence-corrected chi connectivity index (χ1v) is 7.20. The molecule has 0 atom stereocenters.